The fourth-order valence-electron chi connectivity index (χ4n) is 4.65. The minimum Gasteiger partial charge on any atom is -0.497 e. The Bertz CT molecular complexity index is 1260. The number of methoxy groups -OCH3 is 1. The van der Waals surface area contributed by atoms with Gasteiger partial charge in [-0.15, -0.1) is 0 Å². The monoisotopic (exact) mass is 463 g/mol. The van der Waals surface area contributed by atoms with Gasteiger partial charge in [0.25, 0.3) is 5.69 Å². The number of rotatable bonds is 7. The second-order valence-corrected chi connectivity index (χ2v) is 8.53. The summed E-state index contributed by atoms with van der Waals surface area (Å²) in [6.07, 6.45) is 3.23. The Balaban J connectivity index is 1.56. The van der Waals surface area contributed by atoms with Gasteiger partial charge < -0.3 is 14.4 Å². The third-order valence-corrected chi connectivity index (χ3v) is 6.58. The van der Waals surface area contributed by atoms with Gasteiger partial charge in [0.2, 0.25) is 5.91 Å². The third kappa shape index (κ3) is 3.63. The fraction of sp³-hybridized carbons (Fsp3) is 0.280. The zero-order valence-electron chi connectivity index (χ0n) is 18.5. The number of halogens is 1. The zero-order chi connectivity index (χ0) is 23.9. The highest BCUT2D eigenvalue weighted by molar-refractivity contribution is 6.10. The number of amides is 1. The van der Waals surface area contributed by atoms with Gasteiger partial charge in [-0.3, -0.25) is 19.9 Å². The number of non-ortho nitro benzene ring substituents is 1. The van der Waals surface area contributed by atoms with Crippen LogP contribution in [0.5, 0.6) is 11.5 Å². The molecule has 1 fully saturated rings. The van der Waals surface area contributed by atoms with E-state index in [4.69, 9.17) is 9.47 Å². The molecule has 0 atom stereocenters. The van der Waals surface area contributed by atoms with E-state index >= 15 is 0 Å². The second-order valence-electron chi connectivity index (χ2n) is 8.53. The molecule has 1 spiro atoms. The van der Waals surface area contributed by atoms with Crippen LogP contribution in [0.1, 0.15) is 36.1 Å². The largest absolute Gasteiger partial charge is 0.497 e. The van der Waals surface area contributed by atoms with Crippen LogP contribution < -0.4 is 14.4 Å². The van der Waals surface area contributed by atoms with E-state index < -0.39 is 16.2 Å². The number of hydrogen-bond donors (Lipinski definition) is 0. The van der Waals surface area contributed by atoms with Crippen LogP contribution in [0.15, 0.2) is 54.7 Å². The first-order valence-electron chi connectivity index (χ1n) is 10.9. The van der Waals surface area contributed by atoms with Crippen LogP contribution in [0.4, 0.5) is 15.8 Å². The quantitative estimate of drug-likeness (QED) is 0.373. The van der Waals surface area contributed by atoms with Gasteiger partial charge in [-0.25, -0.2) is 4.39 Å². The van der Waals surface area contributed by atoms with E-state index in [1.807, 2.05) is 24.3 Å². The van der Waals surface area contributed by atoms with E-state index in [-0.39, 0.29) is 24.0 Å². The van der Waals surface area contributed by atoms with Gasteiger partial charge in [0.05, 0.1) is 47.6 Å². The predicted octanol–water partition coefficient (Wildman–Crippen LogP) is 4.69. The summed E-state index contributed by atoms with van der Waals surface area (Å²) in [7, 11) is 1.59. The molecule has 0 unspecified atom stereocenters. The summed E-state index contributed by atoms with van der Waals surface area (Å²) in [5, 5.41) is 11.7. The molecule has 1 aliphatic carbocycles. The first-order valence-corrected chi connectivity index (χ1v) is 10.9. The average molecular weight is 463 g/mol. The molecule has 5 rings (SSSR count). The Labute approximate surface area is 195 Å². The van der Waals surface area contributed by atoms with Crippen molar-refractivity contribution in [3.8, 4) is 11.5 Å². The molecule has 34 heavy (non-hydrogen) atoms. The number of carbonyl (C=O) groups excluding carboxylic acids is 1. The standard InChI is InChI=1S/C25H22FN3O5/c1-33-20-7-3-16(4-8-20)14-28-23-21(25(24(28)30)9-2-10-25)11-19(29(31)32)12-22(23)34-15-18-6-5-17(26)13-27-18/h3-8,11-13H,2,9-10,14-15H2,1H3. The van der Waals surface area contributed by atoms with E-state index in [1.54, 1.807) is 12.0 Å². The Morgan fingerprint density at radius 3 is 2.53 bits per heavy atom. The molecule has 0 saturated heterocycles. The lowest BCUT2D eigenvalue weighted by Gasteiger charge is -2.36. The zero-order valence-corrected chi connectivity index (χ0v) is 18.5. The van der Waals surface area contributed by atoms with Crippen LogP contribution in [-0.2, 0) is 23.4 Å². The van der Waals surface area contributed by atoms with Gasteiger partial charge in [0.1, 0.15) is 18.2 Å². The summed E-state index contributed by atoms with van der Waals surface area (Å²) in [6.45, 7) is 0.270. The summed E-state index contributed by atoms with van der Waals surface area (Å²) in [6, 6.07) is 13.0. The fourth-order valence-corrected chi connectivity index (χ4v) is 4.65. The molecule has 1 amide bonds. The van der Waals surface area contributed by atoms with Crippen molar-refractivity contribution in [2.75, 3.05) is 12.0 Å². The van der Waals surface area contributed by atoms with E-state index in [0.29, 0.717) is 42.1 Å². The molecule has 2 heterocycles. The SMILES string of the molecule is COc1ccc(CN2C(=O)C3(CCC3)c3cc([N+](=O)[O-])cc(OCc4ccc(F)cn4)c32)cc1. The third-order valence-electron chi connectivity index (χ3n) is 6.58. The smallest absolute Gasteiger partial charge is 0.273 e. The molecule has 9 heteroatoms. The molecule has 1 aromatic heterocycles. The number of nitro groups is 1. The average Bonchev–Trinajstić information content (AvgIpc) is 3.07. The molecule has 3 aromatic rings. The van der Waals surface area contributed by atoms with Crippen LogP contribution in [0.2, 0.25) is 0 Å². The molecule has 2 aromatic carbocycles. The van der Waals surface area contributed by atoms with Gasteiger partial charge in [0, 0.05) is 11.6 Å². The van der Waals surface area contributed by atoms with Crippen molar-refractivity contribution in [2.24, 2.45) is 0 Å². The molecule has 0 N–H and O–H groups in total. The number of pyridine rings is 1. The number of anilines is 1. The van der Waals surface area contributed by atoms with E-state index in [0.717, 1.165) is 18.2 Å². The number of aromatic nitrogens is 1. The van der Waals surface area contributed by atoms with Gasteiger partial charge in [-0.2, -0.15) is 0 Å². The molecule has 0 radical (unpaired) electrons. The maximum absolute atomic E-state index is 13.7. The number of nitro benzene ring substituents is 1. The predicted molar refractivity (Wildman–Crippen MR) is 121 cm³/mol. The summed E-state index contributed by atoms with van der Waals surface area (Å²) in [4.78, 5) is 30.5. The Kier molecular flexibility index (Phi) is 5.39. The molecular formula is C25H22FN3O5. The first kappa shape index (κ1) is 21.8. The lowest BCUT2D eigenvalue weighted by Crippen LogP contribution is -2.44. The van der Waals surface area contributed by atoms with Crippen molar-refractivity contribution in [1.29, 1.82) is 0 Å². The van der Waals surface area contributed by atoms with E-state index in [9.17, 15) is 19.3 Å². The van der Waals surface area contributed by atoms with E-state index in [1.165, 1.54) is 24.3 Å². The van der Waals surface area contributed by atoms with Crippen molar-refractivity contribution < 1.29 is 23.6 Å². The number of benzene rings is 2. The van der Waals surface area contributed by atoms with Crippen molar-refractivity contribution in [2.45, 2.75) is 37.8 Å². The lowest BCUT2D eigenvalue weighted by atomic mass is 9.65. The Hall–Kier alpha value is -4.01. The van der Waals surface area contributed by atoms with Crippen LogP contribution in [-0.4, -0.2) is 22.9 Å². The number of hydrogen-bond acceptors (Lipinski definition) is 6. The van der Waals surface area contributed by atoms with Gasteiger partial charge in [-0.1, -0.05) is 18.6 Å². The van der Waals surface area contributed by atoms with Gasteiger partial charge in [0.15, 0.2) is 5.75 Å². The van der Waals surface area contributed by atoms with Crippen LogP contribution in [0.3, 0.4) is 0 Å². The highest BCUT2D eigenvalue weighted by Gasteiger charge is 2.56. The highest BCUT2D eigenvalue weighted by Crippen LogP contribution is 2.57. The van der Waals surface area contributed by atoms with Crippen molar-refractivity contribution in [1.82, 2.24) is 4.98 Å². The normalized spacial score (nSPS) is 15.7. The summed E-state index contributed by atoms with van der Waals surface area (Å²) in [5.41, 5.74) is 1.64. The summed E-state index contributed by atoms with van der Waals surface area (Å²) in [5.74, 6) is 0.401. The van der Waals surface area contributed by atoms with Crippen molar-refractivity contribution >= 4 is 17.3 Å². The molecule has 2 aliphatic rings. The van der Waals surface area contributed by atoms with Gasteiger partial charge >= 0.3 is 0 Å². The molecule has 174 valence electrons. The Morgan fingerprint density at radius 2 is 1.94 bits per heavy atom. The van der Waals surface area contributed by atoms with E-state index in [2.05, 4.69) is 4.98 Å². The first-order chi connectivity index (χ1) is 16.4. The minimum atomic E-state index is -0.764. The molecule has 1 aliphatic heterocycles. The molecule has 1 saturated carbocycles. The number of fused-ring (bicyclic) bond motifs is 2. The Morgan fingerprint density at radius 1 is 1.18 bits per heavy atom. The topological polar surface area (TPSA) is 94.8 Å². The van der Waals surface area contributed by atoms with Gasteiger partial charge in [-0.05, 0) is 42.7 Å². The molecular weight excluding hydrogens is 441 g/mol. The van der Waals surface area contributed by atoms with Crippen LogP contribution >= 0.6 is 0 Å². The number of nitrogens with zero attached hydrogens (tertiary/aromatic N) is 3. The highest BCUT2D eigenvalue weighted by atomic mass is 19.1. The minimum absolute atomic E-state index is 0.0224. The maximum Gasteiger partial charge on any atom is 0.273 e. The van der Waals surface area contributed by atoms with Crippen LogP contribution in [0, 0.1) is 15.9 Å². The second kappa shape index (κ2) is 8.40. The van der Waals surface area contributed by atoms with Crippen molar-refractivity contribution in [3.05, 3.63) is 87.5 Å². The van der Waals surface area contributed by atoms with Crippen LogP contribution in [0.25, 0.3) is 0 Å². The van der Waals surface area contributed by atoms with Crippen molar-refractivity contribution in [3.63, 3.8) is 0 Å². The number of ether oxygens (including phenoxy) is 2. The summed E-state index contributed by atoms with van der Waals surface area (Å²) < 4.78 is 24.4. The molecule has 0 bridgehead atoms. The molecule has 8 nitrogen and oxygen atoms in total. The number of carbonyl (C=O) groups is 1. The lowest BCUT2D eigenvalue weighted by molar-refractivity contribution is -0.385. The maximum atomic E-state index is 13.7. The summed E-state index contributed by atoms with van der Waals surface area (Å²) >= 11 is 0.